The number of aryl methyl sites for hydroxylation is 3. The molecule has 3 aromatic rings. The fourth-order valence-electron chi connectivity index (χ4n) is 4.53. The van der Waals surface area contributed by atoms with Crippen LogP contribution in [-0.4, -0.2) is 43.8 Å². The molecule has 0 bridgehead atoms. The van der Waals surface area contributed by atoms with Gasteiger partial charge < -0.3 is 10.2 Å². The number of hydrogen-bond donors (Lipinski definition) is 1. The van der Waals surface area contributed by atoms with Gasteiger partial charge in [0.05, 0.1) is 10.6 Å². The van der Waals surface area contributed by atoms with Crippen molar-refractivity contribution in [1.29, 1.82) is 0 Å². The van der Waals surface area contributed by atoms with Crippen molar-refractivity contribution in [2.75, 3.05) is 10.8 Å². The van der Waals surface area contributed by atoms with E-state index in [4.69, 9.17) is 0 Å². The van der Waals surface area contributed by atoms with E-state index in [1.807, 2.05) is 77.9 Å². The second kappa shape index (κ2) is 13.6. The van der Waals surface area contributed by atoms with Crippen molar-refractivity contribution < 1.29 is 18.0 Å². The second-order valence-corrected chi connectivity index (χ2v) is 12.2. The second-order valence-electron chi connectivity index (χ2n) is 10.3. The van der Waals surface area contributed by atoms with Gasteiger partial charge in [0.25, 0.3) is 10.0 Å². The smallest absolute Gasteiger partial charge is 0.264 e. The van der Waals surface area contributed by atoms with E-state index in [0.29, 0.717) is 12.1 Å². The number of para-hydroxylation sites is 1. The van der Waals surface area contributed by atoms with Crippen LogP contribution in [0.1, 0.15) is 55.9 Å². The van der Waals surface area contributed by atoms with Crippen molar-refractivity contribution in [3.8, 4) is 0 Å². The summed E-state index contributed by atoms with van der Waals surface area (Å²) in [5.41, 5.74) is 3.96. The topological polar surface area (TPSA) is 86.8 Å². The Morgan fingerprint density at radius 1 is 0.825 bits per heavy atom. The van der Waals surface area contributed by atoms with Crippen LogP contribution in [0.25, 0.3) is 0 Å². The van der Waals surface area contributed by atoms with Gasteiger partial charge in [-0.2, -0.15) is 0 Å². The fourth-order valence-corrected chi connectivity index (χ4v) is 6.00. The lowest BCUT2D eigenvalue weighted by Gasteiger charge is -2.34. The minimum Gasteiger partial charge on any atom is -0.352 e. The Kier molecular flexibility index (Phi) is 10.5. The molecule has 0 saturated heterocycles. The Morgan fingerprint density at radius 3 is 2.00 bits per heavy atom. The lowest BCUT2D eigenvalue weighted by Crippen LogP contribution is -2.53. The van der Waals surface area contributed by atoms with E-state index in [-0.39, 0.29) is 23.4 Å². The average molecular weight is 564 g/mol. The molecule has 0 aromatic heterocycles. The number of carbonyl (C=O) groups excluding carboxylic acids is 2. The van der Waals surface area contributed by atoms with Crippen LogP contribution in [0.2, 0.25) is 0 Å². The van der Waals surface area contributed by atoms with Crippen molar-refractivity contribution in [3.05, 3.63) is 95.1 Å². The predicted octanol–water partition coefficient (Wildman–Crippen LogP) is 5.53. The van der Waals surface area contributed by atoms with Gasteiger partial charge in [-0.1, -0.05) is 74.0 Å². The van der Waals surface area contributed by atoms with E-state index in [9.17, 15) is 18.0 Å². The summed E-state index contributed by atoms with van der Waals surface area (Å²) in [5, 5.41) is 3.01. The number of sulfonamides is 1. The van der Waals surface area contributed by atoms with E-state index in [0.717, 1.165) is 28.7 Å². The first-order valence-corrected chi connectivity index (χ1v) is 15.2. The summed E-state index contributed by atoms with van der Waals surface area (Å²) in [7, 11) is -4.09. The van der Waals surface area contributed by atoms with Gasteiger partial charge in [0.2, 0.25) is 11.8 Å². The lowest BCUT2D eigenvalue weighted by atomic mass is 10.1. The number of amides is 2. The molecule has 0 radical (unpaired) electrons. The number of anilines is 1. The molecule has 0 saturated carbocycles. The summed E-state index contributed by atoms with van der Waals surface area (Å²) in [5.74, 6) is -0.698. The third-order valence-corrected chi connectivity index (χ3v) is 9.03. The van der Waals surface area contributed by atoms with Crippen LogP contribution in [0.4, 0.5) is 5.69 Å². The molecular weight excluding hydrogens is 522 g/mol. The van der Waals surface area contributed by atoms with Gasteiger partial charge in [-0.25, -0.2) is 8.42 Å². The molecule has 2 atom stereocenters. The van der Waals surface area contributed by atoms with E-state index >= 15 is 0 Å². The van der Waals surface area contributed by atoms with Crippen LogP contribution >= 0.6 is 0 Å². The van der Waals surface area contributed by atoms with Crippen LogP contribution in [0.3, 0.4) is 0 Å². The van der Waals surface area contributed by atoms with E-state index in [1.165, 1.54) is 9.21 Å². The molecule has 3 aromatic carbocycles. The number of carbonyl (C=O) groups is 2. The van der Waals surface area contributed by atoms with Crippen LogP contribution < -0.4 is 9.62 Å². The lowest BCUT2D eigenvalue weighted by molar-refractivity contribution is -0.140. The minimum atomic E-state index is -4.09. The molecule has 1 N–H and O–H groups in total. The first-order chi connectivity index (χ1) is 19.0. The van der Waals surface area contributed by atoms with Crippen LogP contribution in [0.5, 0.6) is 0 Å². The summed E-state index contributed by atoms with van der Waals surface area (Å²) in [4.78, 5) is 29.2. The number of hydrogen-bond acceptors (Lipinski definition) is 4. The van der Waals surface area contributed by atoms with Crippen molar-refractivity contribution in [2.24, 2.45) is 0 Å². The highest BCUT2D eigenvalue weighted by molar-refractivity contribution is 7.92. The summed E-state index contributed by atoms with van der Waals surface area (Å²) >= 11 is 0. The standard InChI is InChI=1S/C32H41N3O4S/c1-7-26(6)33-32(37)29(8-2)34(21-27-15-11-9-13-24(27)4)31(36)22-35(30-16-12-10-14-25(30)5)40(38,39)28-19-17-23(3)18-20-28/h9-20,26,29H,7-8,21-22H2,1-6H3,(H,33,37)/t26-,29+/m0/s1. The van der Waals surface area contributed by atoms with Gasteiger partial charge in [-0.15, -0.1) is 0 Å². The average Bonchev–Trinajstić information content (AvgIpc) is 2.93. The first kappa shape index (κ1) is 30.9. The largest absolute Gasteiger partial charge is 0.352 e. The molecule has 0 aliphatic heterocycles. The highest BCUT2D eigenvalue weighted by Crippen LogP contribution is 2.28. The molecular formula is C32H41N3O4S. The maximum absolute atomic E-state index is 14.2. The van der Waals surface area contributed by atoms with E-state index < -0.39 is 28.5 Å². The molecule has 0 unspecified atom stereocenters. The molecule has 0 spiro atoms. The summed E-state index contributed by atoms with van der Waals surface area (Å²) in [6, 6.07) is 20.6. The van der Waals surface area contributed by atoms with Gasteiger partial charge >= 0.3 is 0 Å². The van der Waals surface area contributed by atoms with Crippen molar-refractivity contribution >= 4 is 27.5 Å². The Hall–Kier alpha value is -3.65. The number of rotatable bonds is 12. The first-order valence-electron chi connectivity index (χ1n) is 13.8. The Labute approximate surface area is 239 Å². The number of nitrogens with zero attached hydrogens (tertiary/aromatic N) is 2. The molecule has 8 heteroatoms. The predicted molar refractivity (Wildman–Crippen MR) is 161 cm³/mol. The summed E-state index contributed by atoms with van der Waals surface area (Å²) in [6.07, 6.45) is 1.14. The van der Waals surface area contributed by atoms with E-state index in [1.54, 1.807) is 36.4 Å². The Balaban J connectivity index is 2.08. The zero-order chi connectivity index (χ0) is 29.4. The molecule has 40 heavy (non-hydrogen) atoms. The highest BCUT2D eigenvalue weighted by Gasteiger charge is 2.34. The van der Waals surface area contributed by atoms with Crippen LogP contribution in [0.15, 0.2) is 77.7 Å². The third kappa shape index (κ3) is 7.30. The van der Waals surface area contributed by atoms with Gasteiger partial charge in [0.1, 0.15) is 12.6 Å². The quantitative estimate of drug-likeness (QED) is 0.314. The van der Waals surface area contributed by atoms with E-state index in [2.05, 4.69) is 5.32 Å². The SMILES string of the molecule is CC[C@H](C(=O)N[C@@H](C)CC)N(Cc1ccccc1C)C(=O)CN(c1ccccc1C)S(=O)(=O)c1ccc(C)cc1. The Morgan fingerprint density at radius 2 is 1.43 bits per heavy atom. The highest BCUT2D eigenvalue weighted by atomic mass is 32.2. The monoisotopic (exact) mass is 563 g/mol. The third-order valence-electron chi connectivity index (χ3n) is 7.26. The molecule has 0 heterocycles. The molecule has 0 fully saturated rings. The van der Waals surface area contributed by atoms with Crippen LogP contribution in [-0.2, 0) is 26.2 Å². The zero-order valence-electron chi connectivity index (χ0n) is 24.3. The zero-order valence-corrected chi connectivity index (χ0v) is 25.2. The Bertz CT molecular complexity index is 1420. The molecule has 0 aliphatic carbocycles. The summed E-state index contributed by atoms with van der Waals surface area (Å²) in [6.45, 7) is 11.2. The van der Waals surface area contributed by atoms with Gasteiger partial charge in [0.15, 0.2) is 0 Å². The van der Waals surface area contributed by atoms with Crippen LogP contribution in [0, 0.1) is 20.8 Å². The molecule has 214 valence electrons. The normalized spacial score (nSPS) is 12.8. The minimum absolute atomic E-state index is 0.0534. The van der Waals surface area contributed by atoms with Gasteiger partial charge in [-0.3, -0.25) is 13.9 Å². The molecule has 7 nitrogen and oxygen atoms in total. The van der Waals surface area contributed by atoms with Crippen molar-refractivity contribution in [3.63, 3.8) is 0 Å². The van der Waals surface area contributed by atoms with Crippen molar-refractivity contribution in [1.82, 2.24) is 10.2 Å². The maximum atomic E-state index is 14.2. The molecule has 3 rings (SSSR count). The molecule has 0 aliphatic rings. The van der Waals surface area contributed by atoms with Crippen molar-refractivity contribution in [2.45, 2.75) is 77.9 Å². The van der Waals surface area contributed by atoms with Gasteiger partial charge in [0, 0.05) is 12.6 Å². The van der Waals surface area contributed by atoms with Gasteiger partial charge in [-0.05, 0) is 75.4 Å². The fraction of sp³-hybridized carbons (Fsp3) is 0.375. The maximum Gasteiger partial charge on any atom is 0.264 e. The number of nitrogens with one attached hydrogen (secondary N) is 1. The molecule has 2 amide bonds. The summed E-state index contributed by atoms with van der Waals surface area (Å²) < 4.78 is 29.2. The number of benzene rings is 3.